The third kappa shape index (κ3) is 3.63. The highest BCUT2D eigenvalue weighted by molar-refractivity contribution is 6.18. The van der Waals surface area contributed by atoms with E-state index in [1.165, 1.54) is 0 Å². The number of carbonyl (C=O) groups is 1. The Balaban J connectivity index is 1.87. The van der Waals surface area contributed by atoms with Crippen LogP contribution in [0.3, 0.4) is 0 Å². The van der Waals surface area contributed by atoms with Crippen molar-refractivity contribution in [2.24, 2.45) is 4.99 Å². The zero-order chi connectivity index (χ0) is 20.2. The maximum atomic E-state index is 11.7. The van der Waals surface area contributed by atoms with Crippen molar-refractivity contribution in [2.45, 2.75) is 0 Å². The van der Waals surface area contributed by atoms with Crippen LogP contribution in [0.4, 0.5) is 17.1 Å². The van der Waals surface area contributed by atoms with Gasteiger partial charge in [0, 0.05) is 30.3 Å². The first-order valence-corrected chi connectivity index (χ1v) is 9.31. The molecule has 146 valence electrons. The standard InChI is InChI=1S/C23H21N3O3/c1-29-15-14-26-20-8-4-2-6-18(20)22(24-19-7-3-5-9-21(19)26)16-10-12-17(13-11-16)23(27)25-28/h2-13,28H,14-15H2,1H3,(H,25,27). The van der Waals surface area contributed by atoms with Crippen molar-refractivity contribution in [2.75, 3.05) is 25.2 Å². The maximum absolute atomic E-state index is 11.7. The Labute approximate surface area is 169 Å². The number of aliphatic imine (C=N–C) groups is 1. The van der Waals surface area contributed by atoms with E-state index in [0.717, 1.165) is 33.9 Å². The Bertz CT molecular complexity index is 1060. The number of anilines is 2. The molecule has 1 aliphatic heterocycles. The molecule has 6 heteroatoms. The Kier molecular flexibility index (Phi) is 5.37. The van der Waals surface area contributed by atoms with E-state index in [1.807, 2.05) is 48.5 Å². The number of amides is 1. The first-order chi connectivity index (χ1) is 14.2. The largest absolute Gasteiger partial charge is 0.383 e. The molecule has 6 nitrogen and oxygen atoms in total. The fourth-order valence-electron chi connectivity index (χ4n) is 3.49. The van der Waals surface area contributed by atoms with Gasteiger partial charge in [-0.2, -0.15) is 0 Å². The number of methoxy groups -OCH3 is 1. The van der Waals surface area contributed by atoms with E-state index in [0.29, 0.717) is 18.7 Å². The van der Waals surface area contributed by atoms with E-state index >= 15 is 0 Å². The topological polar surface area (TPSA) is 74.2 Å². The maximum Gasteiger partial charge on any atom is 0.274 e. The summed E-state index contributed by atoms with van der Waals surface area (Å²) in [4.78, 5) is 18.9. The third-order valence-electron chi connectivity index (χ3n) is 4.90. The summed E-state index contributed by atoms with van der Waals surface area (Å²) in [6, 6.07) is 23.2. The Hall–Kier alpha value is -3.48. The molecule has 0 bridgehead atoms. The molecular formula is C23H21N3O3. The molecule has 1 aliphatic rings. The quantitative estimate of drug-likeness (QED) is 0.511. The van der Waals surface area contributed by atoms with Gasteiger partial charge in [0.05, 0.1) is 29.4 Å². The predicted octanol–water partition coefficient (Wildman–Crippen LogP) is 4.07. The second-order valence-electron chi connectivity index (χ2n) is 6.63. The van der Waals surface area contributed by atoms with Crippen LogP contribution in [0.15, 0.2) is 77.8 Å². The van der Waals surface area contributed by atoms with E-state index in [9.17, 15) is 4.79 Å². The van der Waals surface area contributed by atoms with Gasteiger partial charge in [-0.05, 0) is 30.3 Å². The zero-order valence-corrected chi connectivity index (χ0v) is 16.0. The Morgan fingerprint density at radius 2 is 1.69 bits per heavy atom. The molecule has 0 unspecified atom stereocenters. The van der Waals surface area contributed by atoms with Crippen LogP contribution in [0.5, 0.6) is 0 Å². The van der Waals surface area contributed by atoms with Crippen molar-refractivity contribution in [3.8, 4) is 0 Å². The lowest BCUT2D eigenvalue weighted by atomic mass is 9.99. The second-order valence-corrected chi connectivity index (χ2v) is 6.63. The van der Waals surface area contributed by atoms with Crippen molar-refractivity contribution in [1.29, 1.82) is 0 Å². The number of benzene rings is 3. The highest BCUT2D eigenvalue weighted by Crippen LogP contribution is 2.40. The molecule has 0 saturated carbocycles. The molecule has 1 amide bonds. The van der Waals surface area contributed by atoms with Gasteiger partial charge in [-0.1, -0.05) is 42.5 Å². The van der Waals surface area contributed by atoms with E-state index in [-0.39, 0.29) is 0 Å². The van der Waals surface area contributed by atoms with Crippen LogP contribution in [-0.2, 0) is 4.74 Å². The fourth-order valence-corrected chi connectivity index (χ4v) is 3.49. The van der Waals surface area contributed by atoms with Gasteiger partial charge in [0.15, 0.2) is 0 Å². The number of nitrogens with zero attached hydrogens (tertiary/aromatic N) is 2. The minimum atomic E-state index is -0.546. The molecule has 0 atom stereocenters. The van der Waals surface area contributed by atoms with Gasteiger partial charge >= 0.3 is 0 Å². The molecule has 3 aromatic carbocycles. The molecule has 0 fully saturated rings. The zero-order valence-electron chi connectivity index (χ0n) is 16.0. The van der Waals surface area contributed by atoms with Crippen LogP contribution < -0.4 is 10.4 Å². The van der Waals surface area contributed by atoms with E-state index in [2.05, 4.69) is 17.0 Å². The number of hydroxylamine groups is 1. The fraction of sp³-hybridized carbons (Fsp3) is 0.130. The van der Waals surface area contributed by atoms with Gasteiger partial charge < -0.3 is 9.64 Å². The molecule has 0 radical (unpaired) electrons. The molecule has 0 saturated heterocycles. The number of ether oxygens (including phenoxy) is 1. The SMILES string of the molecule is COCCN1c2ccccc2N=C(c2ccc(C(=O)NO)cc2)c2ccccc21. The lowest BCUT2D eigenvalue weighted by Crippen LogP contribution is -2.23. The number of hydrogen-bond acceptors (Lipinski definition) is 5. The lowest BCUT2D eigenvalue weighted by Gasteiger charge is -2.26. The number of fused-ring (bicyclic) bond motifs is 2. The van der Waals surface area contributed by atoms with Crippen molar-refractivity contribution < 1.29 is 14.7 Å². The van der Waals surface area contributed by atoms with Gasteiger partial charge in [-0.15, -0.1) is 0 Å². The van der Waals surface area contributed by atoms with Crippen LogP contribution >= 0.6 is 0 Å². The number of nitrogens with one attached hydrogen (secondary N) is 1. The van der Waals surface area contributed by atoms with E-state index in [4.69, 9.17) is 14.9 Å². The van der Waals surface area contributed by atoms with Crippen LogP contribution in [0, 0.1) is 0 Å². The predicted molar refractivity (Wildman–Crippen MR) is 113 cm³/mol. The number of rotatable bonds is 5. The first kappa shape index (κ1) is 18.9. The van der Waals surface area contributed by atoms with Crippen molar-refractivity contribution in [3.63, 3.8) is 0 Å². The molecular weight excluding hydrogens is 366 g/mol. The first-order valence-electron chi connectivity index (χ1n) is 9.31. The second kappa shape index (κ2) is 8.26. The lowest BCUT2D eigenvalue weighted by molar-refractivity contribution is 0.0706. The molecule has 0 spiro atoms. The summed E-state index contributed by atoms with van der Waals surface area (Å²) >= 11 is 0. The Morgan fingerprint density at radius 1 is 1.00 bits per heavy atom. The number of carbonyl (C=O) groups excluding carboxylic acids is 1. The van der Waals surface area contributed by atoms with E-state index in [1.54, 1.807) is 24.7 Å². The molecule has 2 N–H and O–H groups in total. The van der Waals surface area contributed by atoms with Crippen LogP contribution in [0.2, 0.25) is 0 Å². The number of hydrogen-bond donors (Lipinski definition) is 2. The summed E-state index contributed by atoms with van der Waals surface area (Å²) in [5.74, 6) is -0.546. The molecule has 0 aromatic heterocycles. The summed E-state index contributed by atoms with van der Waals surface area (Å²) in [5.41, 5.74) is 7.67. The molecule has 1 heterocycles. The normalized spacial score (nSPS) is 12.5. The Morgan fingerprint density at radius 3 is 2.41 bits per heavy atom. The van der Waals surface area contributed by atoms with Crippen molar-refractivity contribution in [1.82, 2.24) is 5.48 Å². The third-order valence-corrected chi connectivity index (χ3v) is 4.90. The average Bonchev–Trinajstić information content (AvgIpc) is 2.92. The van der Waals surface area contributed by atoms with Gasteiger partial charge in [0.25, 0.3) is 5.91 Å². The molecule has 4 rings (SSSR count). The van der Waals surface area contributed by atoms with Gasteiger partial charge in [-0.25, -0.2) is 10.5 Å². The minimum absolute atomic E-state index is 0.376. The average molecular weight is 387 g/mol. The van der Waals surface area contributed by atoms with Crippen molar-refractivity contribution in [3.05, 3.63) is 89.5 Å². The van der Waals surface area contributed by atoms with Crippen LogP contribution in [-0.4, -0.2) is 37.1 Å². The van der Waals surface area contributed by atoms with Crippen molar-refractivity contribution >= 4 is 28.7 Å². The summed E-state index contributed by atoms with van der Waals surface area (Å²) in [7, 11) is 1.70. The van der Waals surface area contributed by atoms with Gasteiger partial charge in [-0.3, -0.25) is 10.0 Å². The molecule has 3 aromatic rings. The summed E-state index contributed by atoms with van der Waals surface area (Å²) in [6.45, 7) is 1.28. The summed E-state index contributed by atoms with van der Waals surface area (Å²) in [5, 5.41) is 8.84. The highest BCUT2D eigenvalue weighted by Gasteiger charge is 2.23. The highest BCUT2D eigenvalue weighted by atomic mass is 16.5. The number of para-hydroxylation sites is 3. The monoisotopic (exact) mass is 387 g/mol. The van der Waals surface area contributed by atoms with Crippen LogP contribution in [0.1, 0.15) is 21.5 Å². The van der Waals surface area contributed by atoms with Gasteiger partial charge in [0.2, 0.25) is 0 Å². The summed E-state index contributed by atoms with van der Waals surface area (Å²) in [6.07, 6.45) is 0. The van der Waals surface area contributed by atoms with Gasteiger partial charge in [0.1, 0.15) is 0 Å². The minimum Gasteiger partial charge on any atom is -0.383 e. The molecule has 29 heavy (non-hydrogen) atoms. The van der Waals surface area contributed by atoms with Crippen LogP contribution in [0.25, 0.3) is 0 Å². The summed E-state index contributed by atoms with van der Waals surface area (Å²) < 4.78 is 5.34. The van der Waals surface area contributed by atoms with E-state index < -0.39 is 5.91 Å². The molecule has 0 aliphatic carbocycles. The smallest absolute Gasteiger partial charge is 0.274 e.